The number of aromatic nitrogens is 2. The van der Waals surface area contributed by atoms with Crippen LogP contribution in [0.25, 0.3) is 0 Å². The molecule has 0 radical (unpaired) electrons. The van der Waals surface area contributed by atoms with E-state index in [0.29, 0.717) is 5.69 Å². The van der Waals surface area contributed by atoms with Crippen molar-refractivity contribution in [2.24, 2.45) is 0 Å². The molecule has 0 saturated heterocycles. The van der Waals surface area contributed by atoms with Gasteiger partial charge in [0.25, 0.3) is 0 Å². The molecule has 0 bridgehead atoms. The Balaban J connectivity index is 2.07. The van der Waals surface area contributed by atoms with Crippen molar-refractivity contribution in [1.82, 2.24) is 9.59 Å². The van der Waals surface area contributed by atoms with Crippen molar-refractivity contribution in [3.8, 4) is 5.75 Å². The van der Waals surface area contributed by atoms with Gasteiger partial charge in [-0.25, -0.2) is 8.78 Å². The summed E-state index contributed by atoms with van der Waals surface area (Å²) in [5.41, 5.74) is 0.599. The van der Waals surface area contributed by atoms with Gasteiger partial charge in [0.05, 0.1) is 0 Å². The monoisotopic (exact) mass is 257 g/mol. The van der Waals surface area contributed by atoms with Crippen LogP contribution in [-0.4, -0.2) is 16.6 Å². The van der Waals surface area contributed by atoms with E-state index in [2.05, 4.69) is 14.9 Å². The Morgan fingerprint density at radius 2 is 2.00 bits per heavy atom. The summed E-state index contributed by atoms with van der Waals surface area (Å²) in [6, 6.07) is 3.01. The maximum atomic E-state index is 12.9. The molecule has 0 unspecified atom stereocenters. The Kier molecular flexibility index (Phi) is 3.48. The Morgan fingerprint density at radius 3 is 2.65 bits per heavy atom. The zero-order valence-corrected chi connectivity index (χ0v) is 9.72. The van der Waals surface area contributed by atoms with Crippen LogP contribution in [0, 0.1) is 11.6 Å². The lowest BCUT2D eigenvalue weighted by atomic mass is 10.3. The fourth-order valence-electron chi connectivity index (χ4n) is 1.26. The van der Waals surface area contributed by atoms with Crippen LogP contribution in [0.2, 0.25) is 0 Å². The lowest BCUT2D eigenvalue weighted by Crippen LogP contribution is -2.00. The summed E-state index contributed by atoms with van der Waals surface area (Å²) in [7, 11) is 1.74. The quantitative estimate of drug-likeness (QED) is 0.913. The first-order chi connectivity index (χ1) is 8.19. The average molecular weight is 257 g/mol. The normalized spacial score (nSPS) is 10.3. The molecule has 1 aromatic carbocycles. The van der Waals surface area contributed by atoms with Crippen molar-refractivity contribution in [2.75, 3.05) is 12.4 Å². The second-order valence-corrected chi connectivity index (χ2v) is 3.95. The third kappa shape index (κ3) is 2.88. The summed E-state index contributed by atoms with van der Waals surface area (Å²) in [6.45, 7) is 0.107. The maximum Gasteiger partial charge on any atom is 0.136 e. The van der Waals surface area contributed by atoms with E-state index < -0.39 is 11.6 Å². The third-order valence-electron chi connectivity index (χ3n) is 1.99. The van der Waals surface area contributed by atoms with E-state index in [-0.39, 0.29) is 12.4 Å². The molecule has 0 fully saturated rings. The Bertz CT molecular complexity index is 498. The van der Waals surface area contributed by atoms with E-state index in [1.54, 1.807) is 7.05 Å². The SMILES string of the molecule is CNc1snnc1COc1cc(F)cc(F)c1. The van der Waals surface area contributed by atoms with Crippen molar-refractivity contribution in [3.63, 3.8) is 0 Å². The summed E-state index contributed by atoms with van der Waals surface area (Å²) in [4.78, 5) is 0. The van der Waals surface area contributed by atoms with Crippen LogP contribution < -0.4 is 10.1 Å². The highest BCUT2D eigenvalue weighted by Crippen LogP contribution is 2.20. The molecule has 0 spiro atoms. The van der Waals surface area contributed by atoms with Crippen LogP contribution in [0.5, 0.6) is 5.75 Å². The summed E-state index contributed by atoms with van der Waals surface area (Å²) >= 11 is 1.19. The van der Waals surface area contributed by atoms with Crippen LogP contribution in [0.4, 0.5) is 13.8 Å². The minimum atomic E-state index is -0.676. The van der Waals surface area contributed by atoms with Gasteiger partial charge in [-0.1, -0.05) is 4.49 Å². The highest BCUT2D eigenvalue weighted by atomic mass is 32.1. The number of anilines is 1. The van der Waals surface area contributed by atoms with Crippen molar-refractivity contribution in [1.29, 1.82) is 0 Å². The molecule has 1 heterocycles. The minimum absolute atomic E-state index is 0.107. The largest absolute Gasteiger partial charge is 0.487 e. The molecule has 1 aromatic heterocycles. The number of nitrogens with zero attached hydrogens (tertiary/aromatic N) is 2. The fraction of sp³-hybridized carbons (Fsp3) is 0.200. The van der Waals surface area contributed by atoms with Crippen LogP contribution in [-0.2, 0) is 6.61 Å². The van der Waals surface area contributed by atoms with Gasteiger partial charge in [-0.2, -0.15) is 0 Å². The highest BCUT2D eigenvalue weighted by Gasteiger charge is 2.08. The maximum absolute atomic E-state index is 12.9. The van der Waals surface area contributed by atoms with Gasteiger partial charge >= 0.3 is 0 Å². The molecule has 0 aliphatic rings. The van der Waals surface area contributed by atoms with Gasteiger partial charge in [-0.05, 0) is 0 Å². The Hall–Kier alpha value is -1.76. The number of ether oxygens (including phenoxy) is 1. The van der Waals surface area contributed by atoms with E-state index in [1.807, 2.05) is 0 Å². The number of hydrogen-bond donors (Lipinski definition) is 1. The number of halogens is 2. The zero-order chi connectivity index (χ0) is 12.3. The minimum Gasteiger partial charge on any atom is -0.487 e. The van der Waals surface area contributed by atoms with Crippen molar-refractivity contribution in [2.45, 2.75) is 6.61 Å². The second kappa shape index (κ2) is 5.05. The summed E-state index contributed by atoms with van der Waals surface area (Å²) in [5, 5.41) is 7.51. The van der Waals surface area contributed by atoms with Gasteiger partial charge in [0.1, 0.15) is 34.7 Å². The van der Waals surface area contributed by atoms with Gasteiger partial charge in [0.2, 0.25) is 0 Å². The van der Waals surface area contributed by atoms with E-state index in [0.717, 1.165) is 23.2 Å². The standard InChI is InChI=1S/C10H9F2N3OS/c1-13-10-9(14-15-17-10)5-16-8-3-6(11)2-7(12)4-8/h2-4,13H,5H2,1H3. The fourth-order valence-corrected chi connectivity index (χ4v) is 1.77. The molecule has 0 saturated carbocycles. The van der Waals surface area contributed by atoms with E-state index in [1.165, 1.54) is 11.5 Å². The lowest BCUT2D eigenvalue weighted by molar-refractivity contribution is 0.298. The number of rotatable bonds is 4. The van der Waals surface area contributed by atoms with Crippen LogP contribution >= 0.6 is 11.5 Å². The second-order valence-electron chi connectivity index (χ2n) is 3.19. The lowest BCUT2D eigenvalue weighted by Gasteiger charge is -2.05. The van der Waals surface area contributed by atoms with Crippen molar-refractivity contribution < 1.29 is 13.5 Å². The van der Waals surface area contributed by atoms with E-state index >= 15 is 0 Å². The Labute approximate surface area is 100 Å². The van der Waals surface area contributed by atoms with Gasteiger partial charge < -0.3 is 10.1 Å². The first-order valence-electron chi connectivity index (χ1n) is 4.77. The van der Waals surface area contributed by atoms with Gasteiger partial charge in [0.15, 0.2) is 0 Å². The summed E-state index contributed by atoms with van der Waals surface area (Å²) in [5.74, 6) is -1.23. The van der Waals surface area contributed by atoms with Crippen LogP contribution in [0.3, 0.4) is 0 Å². The molecular formula is C10H9F2N3OS. The van der Waals surface area contributed by atoms with Gasteiger partial charge in [-0.3, -0.25) is 0 Å². The predicted octanol–water partition coefficient (Wildman–Crippen LogP) is 2.44. The molecule has 2 rings (SSSR count). The van der Waals surface area contributed by atoms with Crippen LogP contribution in [0.1, 0.15) is 5.69 Å². The smallest absolute Gasteiger partial charge is 0.136 e. The zero-order valence-electron chi connectivity index (χ0n) is 8.91. The first kappa shape index (κ1) is 11.7. The van der Waals surface area contributed by atoms with E-state index in [9.17, 15) is 8.78 Å². The molecular weight excluding hydrogens is 248 g/mol. The molecule has 0 amide bonds. The molecule has 7 heteroatoms. The summed E-state index contributed by atoms with van der Waals surface area (Å²) < 4.78 is 34.7. The van der Waals surface area contributed by atoms with Crippen LogP contribution in [0.15, 0.2) is 18.2 Å². The molecule has 17 heavy (non-hydrogen) atoms. The van der Waals surface area contributed by atoms with Gasteiger partial charge in [0, 0.05) is 36.8 Å². The average Bonchev–Trinajstić information content (AvgIpc) is 2.72. The topological polar surface area (TPSA) is 47.0 Å². The molecule has 0 aliphatic carbocycles. The Morgan fingerprint density at radius 1 is 1.29 bits per heavy atom. The molecule has 4 nitrogen and oxygen atoms in total. The van der Waals surface area contributed by atoms with Crippen molar-refractivity contribution in [3.05, 3.63) is 35.5 Å². The molecule has 1 N–H and O–H groups in total. The number of hydrogen-bond acceptors (Lipinski definition) is 5. The highest BCUT2D eigenvalue weighted by molar-refractivity contribution is 7.10. The number of benzene rings is 1. The third-order valence-corrected chi connectivity index (χ3v) is 2.78. The van der Waals surface area contributed by atoms with Crippen molar-refractivity contribution >= 4 is 16.5 Å². The first-order valence-corrected chi connectivity index (χ1v) is 5.54. The molecule has 0 atom stereocenters. The summed E-state index contributed by atoms with van der Waals surface area (Å²) in [6.07, 6.45) is 0. The number of nitrogens with one attached hydrogen (secondary N) is 1. The molecule has 0 aliphatic heterocycles. The van der Waals surface area contributed by atoms with Gasteiger partial charge in [-0.15, -0.1) is 5.10 Å². The van der Waals surface area contributed by atoms with E-state index in [4.69, 9.17) is 4.74 Å². The predicted molar refractivity (Wildman–Crippen MR) is 60.1 cm³/mol. The molecule has 90 valence electrons. The molecule has 2 aromatic rings.